The van der Waals surface area contributed by atoms with Crippen molar-refractivity contribution in [3.63, 3.8) is 0 Å². The van der Waals surface area contributed by atoms with Gasteiger partial charge in [0.05, 0.1) is 5.33 Å². The minimum absolute atomic E-state index is 0.670. The average molecular weight is 240 g/mol. The zero-order valence-electron chi connectivity index (χ0n) is 7.38. The van der Waals surface area contributed by atoms with Crippen LogP contribution in [0.15, 0.2) is 22.6 Å². The fourth-order valence-corrected chi connectivity index (χ4v) is 1.54. The second-order valence-electron chi connectivity index (χ2n) is 2.90. The number of halogens is 1. The molecule has 0 aliphatic carbocycles. The smallest absolute Gasteiger partial charge is 0.206 e. The molecule has 1 aromatic heterocycles. The minimum atomic E-state index is 0.670. The number of benzene rings is 1. The first-order chi connectivity index (χ1) is 6.33. The van der Waals surface area contributed by atoms with Crippen LogP contribution in [-0.4, -0.2) is 4.98 Å². The van der Waals surface area contributed by atoms with Gasteiger partial charge in [-0.3, -0.25) is 0 Å². The molecule has 0 amide bonds. The first-order valence-electron chi connectivity index (χ1n) is 4.27. The van der Waals surface area contributed by atoms with E-state index in [4.69, 9.17) is 4.42 Å². The van der Waals surface area contributed by atoms with E-state index in [1.807, 2.05) is 6.07 Å². The second-order valence-corrected chi connectivity index (χ2v) is 3.46. The summed E-state index contributed by atoms with van der Waals surface area (Å²) in [6.07, 6.45) is 1.03. The number of nitrogens with zero attached hydrogens (tertiary/aromatic N) is 1. The summed E-state index contributed by atoms with van der Waals surface area (Å²) in [6, 6.07) is 6.13. The largest absolute Gasteiger partial charge is 0.440 e. The van der Waals surface area contributed by atoms with E-state index in [2.05, 4.69) is 40.0 Å². The van der Waals surface area contributed by atoms with Gasteiger partial charge in [-0.25, -0.2) is 4.98 Å². The van der Waals surface area contributed by atoms with E-state index in [1.165, 1.54) is 5.56 Å². The predicted molar refractivity (Wildman–Crippen MR) is 56.0 cm³/mol. The lowest BCUT2D eigenvalue weighted by atomic mass is 10.1. The molecule has 0 fully saturated rings. The summed E-state index contributed by atoms with van der Waals surface area (Å²) < 4.78 is 5.46. The van der Waals surface area contributed by atoms with Gasteiger partial charge in [-0.1, -0.05) is 28.9 Å². The number of oxazole rings is 1. The molecule has 0 aliphatic heterocycles. The fourth-order valence-electron chi connectivity index (χ4n) is 1.30. The highest BCUT2D eigenvalue weighted by atomic mass is 79.9. The van der Waals surface area contributed by atoms with Crippen LogP contribution < -0.4 is 0 Å². The number of rotatable bonds is 2. The summed E-state index contributed by atoms with van der Waals surface area (Å²) in [5.41, 5.74) is 3.11. The fraction of sp³-hybridized carbons (Fsp3) is 0.300. The molecule has 2 aromatic rings. The predicted octanol–water partition coefficient (Wildman–Crippen LogP) is 3.29. The highest BCUT2D eigenvalue weighted by Gasteiger charge is 2.03. The quantitative estimate of drug-likeness (QED) is 0.753. The average Bonchev–Trinajstić information content (AvgIpc) is 2.58. The summed E-state index contributed by atoms with van der Waals surface area (Å²) in [4.78, 5) is 4.33. The van der Waals surface area contributed by atoms with Gasteiger partial charge in [0.15, 0.2) is 5.58 Å². The molecule has 0 spiro atoms. The number of hydrogen-bond acceptors (Lipinski definition) is 2. The third-order valence-corrected chi connectivity index (χ3v) is 2.50. The molecule has 1 aromatic carbocycles. The Bertz CT molecular complexity index is 420. The summed E-state index contributed by atoms with van der Waals surface area (Å²) in [5, 5.41) is 0.670. The topological polar surface area (TPSA) is 26.0 Å². The first-order valence-corrected chi connectivity index (χ1v) is 5.40. The van der Waals surface area contributed by atoms with Gasteiger partial charge in [-0.15, -0.1) is 0 Å². The second kappa shape index (κ2) is 3.50. The molecule has 0 saturated carbocycles. The van der Waals surface area contributed by atoms with Crippen molar-refractivity contribution < 1.29 is 4.42 Å². The van der Waals surface area contributed by atoms with Gasteiger partial charge in [0.2, 0.25) is 5.89 Å². The van der Waals surface area contributed by atoms with Gasteiger partial charge >= 0.3 is 0 Å². The summed E-state index contributed by atoms with van der Waals surface area (Å²) in [5.74, 6) is 0.739. The molecular weight excluding hydrogens is 230 g/mol. The highest BCUT2D eigenvalue weighted by molar-refractivity contribution is 9.08. The van der Waals surface area contributed by atoms with Gasteiger partial charge in [-0.05, 0) is 24.1 Å². The van der Waals surface area contributed by atoms with Gasteiger partial charge in [0.1, 0.15) is 5.52 Å². The van der Waals surface area contributed by atoms with Crippen LogP contribution in [0.3, 0.4) is 0 Å². The molecule has 0 saturated heterocycles. The Hall–Kier alpha value is -0.830. The Kier molecular flexibility index (Phi) is 2.36. The first kappa shape index (κ1) is 8.75. The van der Waals surface area contributed by atoms with Crippen LogP contribution in [0.4, 0.5) is 0 Å². The van der Waals surface area contributed by atoms with Crippen molar-refractivity contribution in [1.29, 1.82) is 0 Å². The van der Waals surface area contributed by atoms with Crippen molar-refractivity contribution in [3.8, 4) is 0 Å². The van der Waals surface area contributed by atoms with Crippen molar-refractivity contribution >= 4 is 27.0 Å². The molecule has 13 heavy (non-hydrogen) atoms. The maximum atomic E-state index is 5.46. The lowest BCUT2D eigenvalue weighted by Gasteiger charge is -1.92. The van der Waals surface area contributed by atoms with Crippen molar-refractivity contribution in [2.24, 2.45) is 0 Å². The van der Waals surface area contributed by atoms with Crippen molar-refractivity contribution in [2.45, 2.75) is 18.7 Å². The summed E-state index contributed by atoms with van der Waals surface area (Å²) >= 11 is 3.31. The standard InChI is InChI=1S/C10H10BrNO/c1-2-7-3-4-9-8(5-7)12-10(6-11)13-9/h3-5H,2,6H2,1H3. The maximum Gasteiger partial charge on any atom is 0.206 e. The summed E-state index contributed by atoms with van der Waals surface area (Å²) in [6.45, 7) is 2.13. The van der Waals surface area contributed by atoms with Crippen LogP contribution in [-0.2, 0) is 11.8 Å². The van der Waals surface area contributed by atoms with Crippen LogP contribution >= 0.6 is 15.9 Å². The number of alkyl halides is 1. The van der Waals surface area contributed by atoms with Crippen LogP contribution in [0.1, 0.15) is 18.4 Å². The van der Waals surface area contributed by atoms with Gasteiger partial charge in [0.25, 0.3) is 0 Å². The maximum absolute atomic E-state index is 5.46. The molecule has 0 radical (unpaired) electrons. The monoisotopic (exact) mass is 239 g/mol. The molecule has 68 valence electrons. The van der Waals surface area contributed by atoms with E-state index in [0.29, 0.717) is 5.33 Å². The Labute approximate surface area is 85.1 Å². The van der Waals surface area contributed by atoms with Crippen LogP contribution in [0.5, 0.6) is 0 Å². The Morgan fingerprint density at radius 3 is 3.00 bits per heavy atom. The SMILES string of the molecule is CCc1ccc2oc(CBr)nc2c1. The Morgan fingerprint density at radius 2 is 2.31 bits per heavy atom. The number of aryl methyl sites for hydroxylation is 1. The molecule has 0 unspecified atom stereocenters. The van der Waals surface area contributed by atoms with E-state index >= 15 is 0 Å². The zero-order valence-corrected chi connectivity index (χ0v) is 8.97. The Morgan fingerprint density at radius 1 is 1.46 bits per heavy atom. The van der Waals surface area contributed by atoms with Gasteiger partial charge in [0, 0.05) is 0 Å². The number of hydrogen-bond donors (Lipinski definition) is 0. The minimum Gasteiger partial charge on any atom is -0.440 e. The normalized spacial score (nSPS) is 10.9. The third-order valence-electron chi connectivity index (χ3n) is 2.02. The van der Waals surface area contributed by atoms with Crippen LogP contribution in [0, 0.1) is 0 Å². The van der Waals surface area contributed by atoms with Crippen molar-refractivity contribution in [2.75, 3.05) is 0 Å². The summed E-state index contributed by atoms with van der Waals surface area (Å²) in [7, 11) is 0. The molecule has 0 bridgehead atoms. The van der Waals surface area contributed by atoms with E-state index in [0.717, 1.165) is 23.4 Å². The van der Waals surface area contributed by atoms with E-state index in [1.54, 1.807) is 0 Å². The lowest BCUT2D eigenvalue weighted by Crippen LogP contribution is -1.78. The number of aromatic nitrogens is 1. The molecule has 2 nitrogen and oxygen atoms in total. The van der Waals surface area contributed by atoms with Gasteiger partial charge < -0.3 is 4.42 Å². The zero-order chi connectivity index (χ0) is 9.26. The molecule has 0 atom stereocenters. The molecule has 3 heteroatoms. The molecule has 0 aliphatic rings. The number of fused-ring (bicyclic) bond motifs is 1. The molecule has 0 N–H and O–H groups in total. The molecular formula is C10H10BrNO. The van der Waals surface area contributed by atoms with E-state index in [9.17, 15) is 0 Å². The third kappa shape index (κ3) is 1.61. The highest BCUT2D eigenvalue weighted by Crippen LogP contribution is 2.18. The Balaban J connectivity index is 2.57. The molecule has 2 rings (SSSR count). The van der Waals surface area contributed by atoms with E-state index < -0.39 is 0 Å². The van der Waals surface area contributed by atoms with Gasteiger partial charge in [-0.2, -0.15) is 0 Å². The molecule has 1 heterocycles. The van der Waals surface area contributed by atoms with Crippen molar-refractivity contribution in [1.82, 2.24) is 4.98 Å². The van der Waals surface area contributed by atoms with Crippen molar-refractivity contribution in [3.05, 3.63) is 29.7 Å². The van der Waals surface area contributed by atoms with Crippen LogP contribution in [0.25, 0.3) is 11.1 Å². The van der Waals surface area contributed by atoms with E-state index in [-0.39, 0.29) is 0 Å². The lowest BCUT2D eigenvalue weighted by molar-refractivity contribution is 0.557. The van der Waals surface area contributed by atoms with Crippen LogP contribution in [0.2, 0.25) is 0 Å².